The highest BCUT2D eigenvalue weighted by Gasteiger charge is 2.25. The number of hydrogen-bond donors (Lipinski definition) is 2. The average Bonchev–Trinajstić information content (AvgIpc) is 2.67. The molecule has 92 valence electrons. The molecule has 4 heteroatoms. The lowest BCUT2D eigenvalue weighted by atomic mass is 10.3. The third kappa shape index (κ3) is 3.48. The van der Waals surface area contributed by atoms with Gasteiger partial charge in [0, 0.05) is 22.8 Å². The van der Waals surface area contributed by atoms with E-state index in [1.807, 2.05) is 24.3 Å². The van der Waals surface area contributed by atoms with Gasteiger partial charge in [-0.1, -0.05) is 0 Å². The fourth-order valence-electron chi connectivity index (χ4n) is 2.04. The summed E-state index contributed by atoms with van der Waals surface area (Å²) in [4.78, 5) is 12.0. The van der Waals surface area contributed by atoms with Crippen molar-refractivity contribution in [2.24, 2.45) is 0 Å². The summed E-state index contributed by atoms with van der Waals surface area (Å²) in [5.41, 5.74) is 0.814. The lowest BCUT2D eigenvalue weighted by molar-refractivity contribution is -0.114. The molecule has 1 saturated carbocycles. The number of benzene rings is 1. The Morgan fingerprint density at radius 2 is 2.06 bits per heavy atom. The van der Waals surface area contributed by atoms with Crippen molar-refractivity contribution in [1.29, 1.82) is 0 Å². The number of carbonyl (C=O) groups is 1. The van der Waals surface area contributed by atoms with Crippen LogP contribution in [-0.4, -0.2) is 22.4 Å². The van der Waals surface area contributed by atoms with Crippen LogP contribution < -0.4 is 5.32 Å². The Kier molecular flexibility index (Phi) is 4.07. The van der Waals surface area contributed by atoms with E-state index >= 15 is 0 Å². The number of carbonyl (C=O) groups excluding carboxylic acids is 1. The van der Waals surface area contributed by atoms with Crippen molar-refractivity contribution in [2.75, 3.05) is 5.32 Å². The van der Waals surface area contributed by atoms with Crippen molar-refractivity contribution in [1.82, 2.24) is 0 Å². The maximum Gasteiger partial charge on any atom is 0.221 e. The maximum absolute atomic E-state index is 10.9. The minimum absolute atomic E-state index is 0.0587. The SMILES string of the molecule is CC(=O)Nc1ccc(S[C@@H]2CCC[C@H]2O)cc1. The Hall–Kier alpha value is -1.00. The summed E-state index contributed by atoms with van der Waals surface area (Å²) in [6, 6.07) is 7.76. The largest absolute Gasteiger partial charge is 0.392 e. The Morgan fingerprint density at radius 1 is 1.35 bits per heavy atom. The van der Waals surface area contributed by atoms with Gasteiger partial charge in [0.15, 0.2) is 0 Å². The zero-order valence-electron chi connectivity index (χ0n) is 9.85. The first kappa shape index (κ1) is 12.5. The molecule has 3 nitrogen and oxygen atoms in total. The molecule has 0 heterocycles. The van der Waals surface area contributed by atoms with Gasteiger partial charge >= 0.3 is 0 Å². The Balaban J connectivity index is 1.95. The van der Waals surface area contributed by atoms with Crippen molar-refractivity contribution in [2.45, 2.75) is 42.4 Å². The molecule has 1 aliphatic carbocycles. The van der Waals surface area contributed by atoms with Gasteiger partial charge in [-0.3, -0.25) is 4.79 Å². The number of nitrogens with one attached hydrogen (secondary N) is 1. The molecule has 1 amide bonds. The number of aliphatic hydroxyl groups excluding tert-OH is 1. The third-order valence-electron chi connectivity index (χ3n) is 2.88. The molecule has 0 saturated heterocycles. The molecule has 1 aliphatic rings. The van der Waals surface area contributed by atoms with Crippen molar-refractivity contribution in [3.8, 4) is 0 Å². The highest BCUT2D eigenvalue weighted by atomic mass is 32.2. The predicted molar refractivity (Wildman–Crippen MR) is 70.2 cm³/mol. The van der Waals surface area contributed by atoms with Crippen LogP contribution in [0.15, 0.2) is 29.2 Å². The van der Waals surface area contributed by atoms with Gasteiger partial charge in [0.05, 0.1) is 6.10 Å². The zero-order chi connectivity index (χ0) is 12.3. The van der Waals surface area contributed by atoms with Gasteiger partial charge in [-0.05, 0) is 43.5 Å². The Labute approximate surface area is 106 Å². The Bertz CT molecular complexity index is 391. The number of hydrogen-bond acceptors (Lipinski definition) is 3. The van der Waals surface area contributed by atoms with E-state index < -0.39 is 0 Å². The maximum atomic E-state index is 10.9. The number of aliphatic hydroxyl groups is 1. The van der Waals surface area contributed by atoms with Crippen LogP contribution in [0.25, 0.3) is 0 Å². The minimum Gasteiger partial charge on any atom is -0.392 e. The van der Waals surface area contributed by atoms with E-state index in [-0.39, 0.29) is 12.0 Å². The van der Waals surface area contributed by atoms with Gasteiger partial charge in [-0.2, -0.15) is 0 Å². The fraction of sp³-hybridized carbons (Fsp3) is 0.462. The van der Waals surface area contributed by atoms with Crippen LogP contribution in [0.4, 0.5) is 5.69 Å². The molecule has 1 aromatic carbocycles. The number of rotatable bonds is 3. The van der Waals surface area contributed by atoms with Crippen molar-refractivity contribution in [3.05, 3.63) is 24.3 Å². The third-order valence-corrected chi connectivity index (χ3v) is 4.28. The molecular weight excluding hydrogens is 234 g/mol. The highest BCUT2D eigenvalue weighted by molar-refractivity contribution is 8.00. The van der Waals surface area contributed by atoms with E-state index in [9.17, 15) is 9.90 Å². The summed E-state index contributed by atoms with van der Waals surface area (Å²) < 4.78 is 0. The normalized spacial score (nSPS) is 23.6. The molecule has 0 radical (unpaired) electrons. The van der Waals surface area contributed by atoms with E-state index in [1.165, 1.54) is 6.92 Å². The first-order valence-electron chi connectivity index (χ1n) is 5.87. The van der Waals surface area contributed by atoms with Crippen LogP contribution in [0.2, 0.25) is 0 Å². The van der Waals surface area contributed by atoms with Crippen molar-refractivity contribution in [3.63, 3.8) is 0 Å². The van der Waals surface area contributed by atoms with Crippen molar-refractivity contribution >= 4 is 23.4 Å². The van der Waals surface area contributed by atoms with Crippen LogP contribution in [0.3, 0.4) is 0 Å². The molecule has 2 N–H and O–H groups in total. The monoisotopic (exact) mass is 251 g/mol. The van der Waals surface area contributed by atoms with E-state index in [2.05, 4.69) is 5.32 Å². The number of thioether (sulfide) groups is 1. The van der Waals surface area contributed by atoms with Crippen molar-refractivity contribution < 1.29 is 9.90 Å². The molecule has 0 bridgehead atoms. The molecule has 17 heavy (non-hydrogen) atoms. The molecule has 0 aliphatic heterocycles. The Morgan fingerprint density at radius 3 is 2.59 bits per heavy atom. The summed E-state index contributed by atoms with van der Waals surface area (Å²) in [6.45, 7) is 1.50. The summed E-state index contributed by atoms with van der Waals surface area (Å²) in [7, 11) is 0. The molecular formula is C13H17NO2S. The topological polar surface area (TPSA) is 49.3 Å². The van der Waals surface area contributed by atoms with Crippen LogP contribution >= 0.6 is 11.8 Å². The molecule has 2 rings (SSSR count). The standard InChI is InChI=1S/C13H17NO2S/c1-9(15)14-10-5-7-11(8-6-10)17-13-4-2-3-12(13)16/h5-8,12-13,16H,2-4H2,1H3,(H,14,15)/t12-,13-/m1/s1. The van der Waals surface area contributed by atoms with Gasteiger partial charge in [0.25, 0.3) is 0 Å². The number of amides is 1. The first-order valence-corrected chi connectivity index (χ1v) is 6.75. The van der Waals surface area contributed by atoms with Gasteiger partial charge in [-0.25, -0.2) is 0 Å². The number of anilines is 1. The van der Waals surface area contributed by atoms with Gasteiger partial charge in [0.1, 0.15) is 0 Å². The smallest absolute Gasteiger partial charge is 0.221 e. The molecule has 0 unspecified atom stereocenters. The lowest BCUT2D eigenvalue weighted by Gasteiger charge is -2.13. The fourth-order valence-corrected chi connectivity index (χ4v) is 3.26. The van der Waals surface area contributed by atoms with Crippen LogP contribution in [0, 0.1) is 0 Å². The summed E-state index contributed by atoms with van der Waals surface area (Å²) >= 11 is 1.72. The molecule has 0 aromatic heterocycles. The lowest BCUT2D eigenvalue weighted by Crippen LogP contribution is -2.14. The van der Waals surface area contributed by atoms with Gasteiger partial charge in [-0.15, -0.1) is 11.8 Å². The zero-order valence-corrected chi connectivity index (χ0v) is 10.7. The minimum atomic E-state index is -0.171. The molecule has 2 atom stereocenters. The highest BCUT2D eigenvalue weighted by Crippen LogP contribution is 2.35. The van der Waals surface area contributed by atoms with Crippen LogP contribution in [0.1, 0.15) is 26.2 Å². The van der Waals surface area contributed by atoms with E-state index in [1.54, 1.807) is 11.8 Å². The summed E-state index contributed by atoms with van der Waals surface area (Å²) in [5.74, 6) is -0.0587. The predicted octanol–water partition coefficient (Wildman–Crippen LogP) is 2.65. The molecule has 1 aromatic rings. The first-order chi connectivity index (χ1) is 8.15. The quantitative estimate of drug-likeness (QED) is 0.868. The van der Waals surface area contributed by atoms with Gasteiger partial charge in [0.2, 0.25) is 5.91 Å². The summed E-state index contributed by atoms with van der Waals surface area (Å²) in [5, 5.41) is 12.8. The van der Waals surface area contributed by atoms with Crippen LogP contribution in [-0.2, 0) is 4.79 Å². The average molecular weight is 251 g/mol. The molecule has 0 spiro atoms. The van der Waals surface area contributed by atoms with Crippen LogP contribution in [0.5, 0.6) is 0 Å². The van der Waals surface area contributed by atoms with E-state index in [0.717, 1.165) is 29.8 Å². The second-order valence-electron chi connectivity index (χ2n) is 4.36. The van der Waals surface area contributed by atoms with E-state index in [0.29, 0.717) is 5.25 Å². The second-order valence-corrected chi connectivity index (χ2v) is 5.67. The molecule has 1 fully saturated rings. The summed E-state index contributed by atoms with van der Waals surface area (Å²) in [6.07, 6.45) is 2.94. The van der Waals surface area contributed by atoms with E-state index in [4.69, 9.17) is 0 Å². The van der Waals surface area contributed by atoms with Gasteiger partial charge < -0.3 is 10.4 Å². The second kappa shape index (κ2) is 5.56.